The lowest BCUT2D eigenvalue weighted by Crippen LogP contribution is -2.49. The lowest BCUT2D eigenvalue weighted by molar-refractivity contribution is 0.0746. The Hall–Kier alpha value is -2.41. The van der Waals surface area contributed by atoms with Crippen LogP contribution in [-0.4, -0.2) is 60.0 Å². The van der Waals surface area contributed by atoms with Crippen LogP contribution in [0.4, 0.5) is 16.2 Å². The first kappa shape index (κ1) is 18.9. The molecule has 0 spiro atoms. The van der Waals surface area contributed by atoms with Gasteiger partial charge in [0.05, 0.1) is 10.6 Å². The number of halogens is 2. The van der Waals surface area contributed by atoms with E-state index in [-0.39, 0.29) is 10.9 Å². The molecule has 2 saturated heterocycles. The number of carbonyl (C=O) groups excluding carboxylic acids is 1. The maximum atomic E-state index is 13.2. The molecule has 1 aromatic carbocycles. The quantitative estimate of drug-likeness (QED) is 0.787. The minimum atomic E-state index is -0.445. The van der Waals surface area contributed by atoms with Crippen LogP contribution in [0.5, 0.6) is 0 Å². The third kappa shape index (κ3) is 4.04. The Morgan fingerprint density at radius 1 is 0.964 bits per heavy atom. The number of piperidine rings is 1. The van der Waals surface area contributed by atoms with Crippen LogP contribution in [0.25, 0.3) is 0 Å². The molecule has 1 amide bonds. The number of amides is 1. The summed E-state index contributed by atoms with van der Waals surface area (Å²) in [6.45, 7) is 4.50. The second-order valence-electron chi connectivity index (χ2n) is 7.17. The molecular weight excluding hydrogens is 381 g/mol. The van der Waals surface area contributed by atoms with E-state index in [9.17, 15) is 9.18 Å². The zero-order valence-electron chi connectivity index (χ0n) is 15.7. The minimum Gasteiger partial charge on any atom is -0.353 e. The van der Waals surface area contributed by atoms with Crippen molar-refractivity contribution < 1.29 is 9.18 Å². The smallest absolute Gasteiger partial charge is 0.255 e. The number of piperazine rings is 1. The summed E-state index contributed by atoms with van der Waals surface area (Å²) in [6.07, 6.45) is 5.44. The molecule has 4 rings (SSSR count). The number of benzene rings is 1. The van der Waals surface area contributed by atoms with Crippen LogP contribution in [0.15, 0.2) is 30.5 Å². The topological polar surface area (TPSA) is 52.6 Å². The van der Waals surface area contributed by atoms with Crippen molar-refractivity contribution in [3.8, 4) is 0 Å². The van der Waals surface area contributed by atoms with E-state index in [2.05, 4.69) is 14.8 Å². The van der Waals surface area contributed by atoms with Gasteiger partial charge in [-0.2, -0.15) is 4.98 Å². The van der Waals surface area contributed by atoms with Crippen molar-refractivity contribution in [2.45, 2.75) is 19.3 Å². The molecule has 0 radical (unpaired) electrons. The molecule has 2 aromatic rings. The second kappa shape index (κ2) is 8.31. The molecule has 3 heterocycles. The number of rotatable bonds is 3. The van der Waals surface area contributed by atoms with Gasteiger partial charge in [0.25, 0.3) is 5.91 Å². The van der Waals surface area contributed by atoms with Gasteiger partial charge in [-0.3, -0.25) is 4.79 Å². The van der Waals surface area contributed by atoms with Crippen molar-refractivity contribution in [2.75, 3.05) is 49.1 Å². The van der Waals surface area contributed by atoms with Crippen LogP contribution in [-0.2, 0) is 0 Å². The molecule has 2 aliphatic heterocycles. The van der Waals surface area contributed by atoms with Gasteiger partial charge < -0.3 is 14.7 Å². The number of anilines is 2. The Morgan fingerprint density at radius 2 is 1.71 bits per heavy atom. The summed E-state index contributed by atoms with van der Waals surface area (Å²) in [5.41, 5.74) is 0.339. The van der Waals surface area contributed by atoms with Crippen molar-refractivity contribution in [3.63, 3.8) is 0 Å². The highest BCUT2D eigenvalue weighted by molar-refractivity contribution is 6.33. The Balaban J connectivity index is 1.40. The first-order chi connectivity index (χ1) is 13.6. The largest absolute Gasteiger partial charge is 0.353 e. The lowest BCUT2D eigenvalue weighted by atomic mass is 10.1. The van der Waals surface area contributed by atoms with Crippen LogP contribution >= 0.6 is 11.6 Å². The van der Waals surface area contributed by atoms with Gasteiger partial charge in [0.1, 0.15) is 11.6 Å². The van der Waals surface area contributed by atoms with Gasteiger partial charge in [-0.05, 0) is 43.5 Å². The highest BCUT2D eigenvalue weighted by Crippen LogP contribution is 2.22. The molecule has 1 aromatic heterocycles. The third-order valence-electron chi connectivity index (χ3n) is 5.32. The molecule has 0 saturated carbocycles. The fraction of sp³-hybridized carbons (Fsp3) is 0.450. The van der Waals surface area contributed by atoms with Crippen LogP contribution in [0.3, 0.4) is 0 Å². The second-order valence-corrected chi connectivity index (χ2v) is 7.57. The molecule has 0 aliphatic carbocycles. The Labute approximate surface area is 168 Å². The van der Waals surface area contributed by atoms with Crippen molar-refractivity contribution in [1.29, 1.82) is 0 Å². The average Bonchev–Trinajstić information content (AvgIpc) is 2.74. The zero-order chi connectivity index (χ0) is 19.5. The van der Waals surface area contributed by atoms with Crippen LogP contribution in [0.2, 0.25) is 5.02 Å². The van der Waals surface area contributed by atoms with E-state index in [1.165, 1.54) is 37.5 Å². The van der Waals surface area contributed by atoms with E-state index in [1.807, 2.05) is 12.3 Å². The van der Waals surface area contributed by atoms with Gasteiger partial charge in [-0.25, -0.2) is 9.37 Å². The molecule has 2 aliphatic rings. The summed E-state index contributed by atoms with van der Waals surface area (Å²) in [7, 11) is 0. The van der Waals surface area contributed by atoms with E-state index in [0.717, 1.165) is 24.9 Å². The summed E-state index contributed by atoms with van der Waals surface area (Å²) in [5.74, 6) is 1.07. The maximum Gasteiger partial charge on any atom is 0.255 e. The van der Waals surface area contributed by atoms with E-state index >= 15 is 0 Å². The standard InChI is InChI=1S/C20H23ClFN5O/c21-17-14-15(22)4-5-16(17)19(28)26-12-10-25(11-13-26)18-6-7-23-20(24-18)27-8-2-1-3-9-27/h4-7,14H,1-3,8-13H2. The maximum absolute atomic E-state index is 13.2. The molecule has 28 heavy (non-hydrogen) atoms. The lowest BCUT2D eigenvalue weighted by Gasteiger charge is -2.36. The van der Waals surface area contributed by atoms with Crippen molar-refractivity contribution in [1.82, 2.24) is 14.9 Å². The summed E-state index contributed by atoms with van der Waals surface area (Å²) in [5, 5.41) is 0.148. The Morgan fingerprint density at radius 3 is 2.43 bits per heavy atom. The highest BCUT2D eigenvalue weighted by Gasteiger charge is 2.25. The van der Waals surface area contributed by atoms with Gasteiger partial charge in [0, 0.05) is 45.5 Å². The molecule has 0 atom stereocenters. The number of hydrogen-bond acceptors (Lipinski definition) is 5. The molecule has 2 fully saturated rings. The number of aromatic nitrogens is 2. The molecule has 8 heteroatoms. The Bertz CT molecular complexity index is 850. The van der Waals surface area contributed by atoms with E-state index in [4.69, 9.17) is 16.6 Å². The zero-order valence-corrected chi connectivity index (χ0v) is 16.4. The molecule has 148 valence electrons. The molecule has 6 nitrogen and oxygen atoms in total. The molecule has 0 unspecified atom stereocenters. The number of hydrogen-bond donors (Lipinski definition) is 0. The molecule has 0 N–H and O–H groups in total. The summed E-state index contributed by atoms with van der Waals surface area (Å²) >= 11 is 6.04. The van der Waals surface area contributed by atoms with Gasteiger partial charge in [-0.15, -0.1) is 0 Å². The Kier molecular flexibility index (Phi) is 5.62. The van der Waals surface area contributed by atoms with Gasteiger partial charge in [0.15, 0.2) is 0 Å². The van der Waals surface area contributed by atoms with Crippen molar-refractivity contribution >= 4 is 29.3 Å². The number of carbonyl (C=O) groups is 1. The first-order valence-corrected chi connectivity index (χ1v) is 10.1. The third-order valence-corrected chi connectivity index (χ3v) is 5.63. The fourth-order valence-corrected chi connectivity index (χ4v) is 3.98. The predicted molar refractivity (Wildman–Crippen MR) is 108 cm³/mol. The van der Waals surface area contributed by atoms with Crippen LogP contribution in [0.1, 0.15) is 29.6 Å². The van der Waals surface area contributed by atoms with Crippen molar-refractivity contribution in [3.05, 3.63) is 46.9 Å². The van der Waals surface area contributed by atoms with Gasteiger partial charge in [0.2, 0.25) is 5.95 Å². The summed E-state index contributed by atoms with van der Waals surface area (Å²) in [6, 6.07) is 5.80. The van der Waals surface area contributed by atoms with Gasteiger partial charge >= 0.3 is 0 Å². The van der Waals surface area contributed by atoms with E-state index < -0.39 is 5.82 Å². The molecule has 0 bridgehead atoms. The average molecular weight is 404 g/mol. The van der Waals surface area contributed by atoms with Gasteiger partial charge in [-0.1, -0.05) is 11.6 Å². The van der Waals surface area contributed by atoms with E-state index in [0.29, 0.717) is 31.7 Å². The fourth-order valence-electron chi connectivity index (χ4n) is 3.73. The minimum absolute atomic E-state index is 0.148. The number of nitrogens with zero attached hydrogens (tertiary/aromatic N) is 5. The first-order valence-electron chi connectivity index (χ1n) is 9.69. The predicted octanol–water partition coefficient (Wildman–Crippen LogP) is 3.22. The summed E-state index contributed by atoms with van der Waals surface area (Å²) in [4.78, 5) is 28.0. The van der Waals surface area contributed by atoms with Crippen molar-refractivity contribution in [2.24, 2.45) is 0 Å². The van der Waals surface area contributed by atoms with E-state index in [1.54, 1.807) is 4.90 Å². The monoisotopic (exact) mass is 403 g/mol. The summed E-state index contributed by atoms with van der Waals surface area (Å²) < 4.78 is 13.2. The normalized spacial score (nSPS) is 17.7. The van der Waals surface area contributed by atoms with Crippen LogP contribution < -0.4 is 9.80 Å². The SMILES string of the molecule is O=C(c1ccc(F)cc1Cl)N1CCN(c2ccnc(N3CCCCC3)n2)CC1. The van der Waals surface area contributed by atoms with Crippen LogP contribution in [0, 0.1) is 5.82 Å². The highest BCUT2D eigenvalue weighted by atomic mass is 35.5. The molecular formula is C20H23ClFN5O.